The van der Waals surface area contributed by atoms with Gasteiger partial charge in [-0.15, -0.1) is 0 Å². The number of hydrogen-bond donors (Lipinski definition) is 0. The number of anilines is 1. The van der Waals surface area contributed by atoms with Gasteiger partial charge in [-0.2, -0.15) is 10.1 Å². The van der Waals surface area contributed by atoms with E-state index in [1.165, 1.54) is 11.3 Å². The fraction of sp³-hybridized carbons (Fsp3) is 0.120. The highest BCUT2D eigenvalue weighted by Crippen LogP contribution is 2.29. The summed E-state index contributed by atoms with van der Waals surface area (Å²) in [6.07, 6.45) is 4.78. The van der Waals surface area contributed by atoms with E-state index in [4.69, 9.17) is 8.83 Å². The number of amides is 1. The Morgan fingerprint density at radius 2 is 1.84 bits per heavy atom. The van der Waals surface area contributed by atoms with Crippen molar-refractivity contribution in [3.63, 3.8) is 0 Å². The zero-order chi connectivity index (χ0) is 22.1. The molecule has 0 fully saturated rings. The molecule has 1 aliphatic heterocycles. The maximum Gasteiger partial charge on any atom is 0.263 e. The van der Waals surface area contributed by atoms with Crippen molar-refractivity contribution in [2.24, 2.45) is 11.0 Å². The molecule has 0 aliphatic carbocycles. The fourth-order valence-electron chi connectivity index (χ4n) is 3.84. The van der Waals surface area contributed by atoms with Crippen LogP contribution in [0.4, 0.5) is 5.69 Å². The Kier molecular flexibility index (Phi) is 4.99. The number of ketones is 1. The summed E-state index contributed by atoms with van der Waals surface area (Å²) in [5.41, 5.74) is 3.45. The number of hydrazone groups is 1. The standard InChI is InChI=1S/C25H19N3O4/c1-16-23(21(29)14-17-5-2-6-18(13-17)22-9-4-11-31-22)25(30)28(27-16)20-8-3-7-19(15-20)24-26-10-12-32-24/h2-13,15,23H,14H2,1H3. The molecule has 2 aromatic carbocycles. The highest BCUT2D eigenvalue weighted by Gasteiger charge is 2.39. The van der Waals surface area contributed by atoms with E-state index >= 15 is 0 Å². The van der Waals surface area contributed by atoms with Crippen LogP contribution in [0.25, 0.3) is 22.8 Å². The Bertz CT molecular complexity index is 1310. The minimum Gasteiger partial charge on any atom is -0.464 e. The van der Waals surface area contributed by atoms with Crippen LogP contribution in [0, 0.1) is 5.92 Å². The van der Waals surface area contributed by atoms with Crippen LogP contribution < -0.4 is 5.01 Å². The average molecular weight is 425 g/mol. The van der Waals surface area contributed by atoms with Gasteiger partial charge in [0.15, 0.2) is 5.78 Å². The Morgan fingerprint density at radius 1 is 1.00 bits per heavy atom. The van der Waals surface area contributed by atoms with Gasteiger partial charge in [0.05, 0.1) is 23.9 Å². The third kappa shape index (κ3) is 3.65. The van der Waals surface area contributed by atoms with E-state index in [2.05, 4.69) is 10.1 Å². The molecule has 1 unspecified atom stereocenters. The molecule has 0 N–H and O–H groups in total. The lowest BCUT2D eigenvalue weighted by Gasteiger charge is -2.14. The lowest BCUT2D eigenvalue weighted by molar-refractivity contribution is -0.128. The molecule has 7 nitrogen and oxygen atoms in total. The van der Waals surface area contributed by atoms with Crippen molar-refractivity contribution in [2.45, 2.75) is 13.3 Å². The summed E-state index contributed by atoms with van der Waals surface area (Å²) >= 11 is 0. The molecule has 1 amide bonds. The van der Waals surface area contributed by atoms with Gasteiger partial charge < -0.3 is 8.83 Å². The molecule has 7 heteroatoms. The van der Waals surface area contributed by atoms with Gasteiger partial charge in [0.25, 0.3) is 5.91 Å². The summed E-state index contributed by atoms with van der Waals surface area (Å²) in [5, 5.41) is 5.66. The van der Waals surface area contributed by atoms with Crippen molar-refractivity contribution in [2.75, 3.05) is 5.01 Å². The number of rotatable bonds is 6. The monoisotopic (exact) mass is 425 g/mol. The summed E-state index contributed by atoms with van der Waals surface area (Å²) in [6.45, 7) is 1.71. The maximum atomic E-state index is 13.1. The number of nitrogens with zero attached hydrogens (tertiary/aromatic N) is 3. The quantitative estimate of drug-likeness (QED) is 0.416. The van der Waals surface area contributed by atoms with Crippen molar-refractivity contribution in [3.8, 4) is 22.8 Å². The number of carbonyl (C=O) groups is 2. The smallest absolute Gasteiger partial charge is 0.263 e. The molecule has 5 rings (SSSR count). The van der Waals surface area contributed by atoms with Gasteiger partial charge in [0.2, 0.25) is 5.89 Å². The first-order chi connectivity index (χ1) is 15.6. The van der Waals surface area contributed by atoms with Crippen LogP contribution in [-0.4, -0.2) is 22.4 Å². The molecule has 1 aliphatic rings. The minimum absolute atomic E-state index is 0.127. The maximum absolute atomic E-state index is 13.1. The Balaban J connectivity index is 1.35. The molecule has 0 radical (unpaired) electrons. The number of Topliss-reactive ketones (excluding diaryl/α,β-unsaturated/α-hetero) is 1. The number of carbonyl (C=O) groups excluding carboxylic acids is 2. The summed E-state index contributed by atoms with van der Waals surface area (Å²) in [6, 6.07) is 18.4. The van der Waals surface area contributed by atoms with Crippen LogP contribution in [0.3, 0.4) is 0 Å². The molecule has 4 aromatic rings. The molecule has 2 aromatic heterocycles. The van der Waals surface area contributed by atoms with Crippen LogP contribution in [0.1, 0.15) is 12.5 Å². The largest absolute Gasteiger partial charge is 0.464 e. The Hall–Kier alpha value is -4.26. The predicted molar refractivity (Wildman–Crippen MR) is 119 cm³/mol. The second kappa shape index (κ2) is 8.11. The summed E-state index contributed by atoms with van der Waals surface area (Å²) in [5.74, 6) is -0.291. The predicted octanol–water partition coefficient (Wildman–Crippen LogP) is 4.75. The highest BCUT2D eigenvalue weighted by atomic mass is 16.3. The molecular weight excluding hydrogens is 406 g/mol. The van der Waals surface area contributed by atoms with E-state index < -0.39 is 5.92 Å². The lowest BCUT2D eigenvalue weighted by Crippen LogP contribution is -2.33. The first-order valence-corrected chi connectivity index (χ1v) is 10.1. The van der Waals surface area contributed by atoms with E-state index in [-0.39, 0.29) is 18.1 Å². The van der Waals surface area contributed by atoms with Crippen LogP contribution in [0.5, 0.6) is 0 Å². The molecular formula is C25H19N3O4. The number of furan rings is 1. The Labute approximate surface area is 184 Å². The summed E-state index contributed by atoms with van der Waals surface area (Å²) in [7, 11) is 0. The third-order valence-corrected chi connectivity index (χ3v) is 5.33. The van der Waals surface area contributed by atoms with Crippen LogP contribution >= 0.6 is 0 Å². The average Bonchev–Trinajstić information content (AvgIpc) is 3.56. The van der Waals surface area contributed by atoms with Gasteiger partial charge in [-0.25, -0.2) is 4.98 Å². The van der Waals surface area contributed by atoms with Crippen molar-refractivity contribution in [3.05, 3.63) is 85.0 Å². The van der Waals surface area contributed by atoms with Gasteiger partial charge in [-0.1, -0.05) is 24.3 Å². The number of oxazole rings is 1. The fourth-order valence-corrected chi connectivity index (χ4v) is 3.84. The van der Waals surface area contributed by atoms with Crippen molar-refractivity contribution >= 4 is 23.1 Å². The molecule has 0 spiro atoms. The van der Waals surface area contributed by atoms with E-state index in [9.17, 15) is 9.59 Å². The van der Waals surface area contributed by atoms with Crippen LogP contribution in [0.15, 0.2) is 93.3 Å². The first kappa shape index (κ1) is 19.7. The zero-order valence-corrected chi connectivity index (χ0v) is 17.3. The number of benzene rings is 2. The van der Waals surface area contributed by atoms with Gasteiger partial charge in [-0.3, -0.25) is 9.59 Å². The minimum atomic E-state index is -0.910. The second-order valence-electron chi connectivity index (χ2n) is 7.53. The Morgan fingerprint density at radius 3 is 2.62 bits per heavy atom. The molecule has 0 saturated carbocycles. The summed E-state index contributed by atoms with van der Waals surface area (Å²) < 4.78 is 10.8. The number of hydrogen-bond acceptors (Lipinski definition) is 6. The first-order valence-electron chi connectivity index (χ1n) is 10.1. The van der Waals surface area contributed by atoms with Crippen molar-refractivity contribution in [1.82, 2.24) is 4.98 Å². The van der Waals surface area contributed by atoms with Gasteiger partial charge in [0, 0.05) is 17.5 Å². The molecule has 3 heterocycles. The van der Waals surface area contributed by atoms with Crippen LogP contribution in [0.2, 0.25) is 0 Å². The van der Waals surface area contributed by atoms with Crippen molar-refractivity contribution in [1.29, 1.82) is 0 Å². The molecule has 158 valence electrons. The number of aromatic nitrogens is 1. The normalized spacial score (nSPS) is 15.8. The highest BCUT2D eigenvalue weighted by molar-refractivity contribution is 6.27. The van der Waals surface area contributed by atoms with E-state index in [1.807, 2.05) is 42.5 Å². The lowest BCUT2D eigenvalue weighted by atomic mass is 9.93. The van der Waals surface area contributed by atoms with E-state index in [0.29, 0.717) is 17.3 Å². The van der Waals surface area contributed by atoms with Crippen molar-refractivity contribution < 1.29 is 18.4 Å². The van der Waals surface area contributed by atoms with Crippen LogP contribution in [-0.2, 0) is 16.0 Å². The zero-order valence-electron chi connectivity index (χ0n) is 17.3. The van der Waals surface area contributed by atoms with E-state index in [0.717, 1.165) is 22.5 Å². The van der Waals surface area contributed by atoms with Gasteiger partial charge in [0.1, 0.15) is 17.9 Å². The molecule has 0 bridgehead atoms. The molecule has 0 saturated heterocycles. The van der Waals surface area contributed by atoms with E-state index in [1.54, 1.807) is 37.6 Å². The van der Waals surface area contributed by atoms with Gasteiger partial charge >= 0.3 is 0 Å². The summed E-state index contributed by atoms with van der Waals surface area (Å²) in [4.78, 5) is 30.4. The third-order valence-electron chi connectivity index (χ3n) is 5.33. The SMILES string of the molecule is CC1=NN(c2cccc(-c3ncco3)c2)C(=O)C1C(=O)Cc1cccc(-c2ccco2)c1. The second-order valence-corrected chi connectivity index (χ2v) is 7.53. The molecule has 32 heavy (non-hydrogen) atoms. The van der Waals surface area contributed by atoms with Gasteiger partial charge in [-0.05, 0) is 48.9 Å². The topological polar surface area (TPSA) is 88.9 Å². The molecule has 1 atom stereocenters.